The van der Waals surface area contributed by atoms with Crippen LogP contribution in [0.2, 0.25) is 10.0 Å². The van der Waals surface area contributed by atoms with E-state index in [0.29, 0.717) is 55.4 Å². The van der Waals surface area contributed by atoms with Crippen molar-refractivity contribution in [1.29, 1.82) is 0 Å². The molecule has 2 saturated heterocycles. The number of hydrogen-bond acceptors (Lipinski definition) is 3. The van der Waals surface area contributed by atoms with Gasteiger partial charge in [-0.25, -0.2) is 9.40 Å². The fourth-order valence-corrected chi connectivity index (χ4v) is 5.06. The molecule has 1 aromatic carbocycles. The molecule has 0 radical (unpaired) electrons. The predicted octanol–water partition coefficient (Wildman–Crippen LogP) is 4.83. The summed E-state index contributed by atoms with van der Waals surface area (Å²) in [5.41, 5.74) is 1.22. The highest BCUT2D eigenvalue weighted by Gasteiger charge is 2.37. The minimum Gasteiger partial charge on any atom is -0.393 e. The van der Waals surface area contributed by atoms with Crippen LogP contribution in [-0.4, -0.2) is 52.4 Å². The van der Waals surface area contributed by atoms with Crippen molar-refractivity contribution in [2.75, 3.05) is 19.6 Å². The van der Waals surface area contributed by atoms with Crippen LogP contribution < -0.4 is 0 Å². The van der Waals surface area contributed by atoms with Crippen molar-refractivity contribution in [1.82, 2.24) is 10.0 Å². The number of carbonyl (C=O) groups excluding carboxylic acids is 1. The van der Waals surface area contributed by atoms with Crippen molar-refractivity contribution in [3.8, 4) is 0 Å². The smallest absolute Gasteiger partial charge is 0.240 e. The molecule has 0 bridgehead atoms. The van der Waals surface area contributed by atoms with Crippen LogP contribution in [-0.2, 0) is 11.2 Å². The molecule has 30 heavy (non-hydrogen) atoms. The molecule has 0 spiro atoms. The molecule has 0 aromatic heterocycles. The van der Waals surface area contributed by atoms with E-state index in [1.165, 1.54) is 0 Å². The Morgan fingerprint density at radius 1 is 1.17 bits per heavy atom. The number of allylic oxidation sites excluding steroid dienone is 4. The first-order chi connectivity index (χ1) is 14.2. The first-order valence-corrected chi connectivity index (χ1v) is 11.3. The lowest BCUT2D eigenvalue weighted by Gasteiger charge is -2.36. The summed E-state index contributed by atoms with van der Waals surface area (Å²) in [6.07, 6.45) is 7.88. The molecule has 2 atom stereocenters. The number of piperidine rings is 1. The van der Waals surface area contributed by atoms with E-state index in [2.05, 4.69) is 5.01 Å². The highest BCUT2D eigenvalue weighted by molar-refractivity contribution is 6.36. The third-order valence-corrected chi connectivity index (χ3v) is 7.01. The molecule has 7 heteroatoms. The van der Waals surface area contributed by atoms with Gasteiger partial charge in [-0.3, -0.25) is 9.80 Å². The van der Waals surface area contributed by atoms with E-state index < -0.39 is 5.67 Å². The van der Waals surface area contributed by atoms with Crippen LogP contribution in [0.4, 0.5) is 4.39 Å². The van der Waals surface area contributed by atoms with Gasteiger partial charge in [0.2, 0.25) is 5.91 Å². The molecule has 0 saturated carbocycles. The first-order valence-electron chi connectivity index (χ1n) is 10.5. The molecular formula is C23H27Cl2FN2O2. The number of aliphatic hydroxyl groups excluding tert-OH is 1. The molecule has 4 nitrogen and oxygen atoms in total. The van der Waals surface area contributed by atoms with Gasteiger partial charge in [0.15, 0.2) is 0 Å². The Hall–Kier alpha value is -1.40. The summed E-state index contributed by atoms with van der Waals surface area (Å²) in [6.45, 7) is 3.65. The average molecular weight is 453 g/mol. The van der Waals surface area contributed by atoms with Crippen molar-refractivity contribution in [3.63, 3.8) is 0 Å². The minimum atomic E-state index is -1.32. The normalized spacial score (nSPS) is 28.3. The van der Waals surface area contributed by atoms with E-state index in [-0.39, 0.29) is 17.9 Å². The van der Waals surface area contributed by atoms with E-state index in [4.69, 9.17) is 23.2 Å². The number of nitrogens with zero attached hydrogens (tertiary/aromatic N) is 2. The van der Waals surface area contributed by atoms with E-state index in [1.54, 1.807) is 19.1 Å². The third kappa shape index (κ3) is 4.59. The third-order valence-electron chi connectivity index (χ3n) is 6.33. The Bertz CT molecular complexity index is 868. The van der Waals surface area contributed by atoms with Crippen molar-refractivity contribution in [2.45, 2.75) is 50.8 Å². The van der Waals surface area contributed by atoms with Crippen LogP contribution in [0.25, 0.3) is 5.57 Å². The zero-order valence-corrected chi connectivity index (χ0v) is 18.6. The van der Waals surface area contributed by atoms with Crippen molar-refractivity contribution in [3.05, 3.63) is 51.5 Å². The number of aliphatic hydroxyl groups is 1. The first kappa shape index (κ1) is 21.8. The molecule has 3 aliphatic rings. The van der Waals surface area contributed by atoms with Crippen molar-refractivity contribution >= 4 is 34.7 Å². The molecule has 1 N–H and O–H groups in total. The van der Waals surface area contributed by atoms with Gasteiger partial charge in [-0.05, 0) is 67.5 Å². The zero-order chi connectivity index (χ0) is 21.5. The Kier molecular flexibility index (Phi) is 6.27. The predicted molar refractivity (Wildman–Crippen MR) is 118 cm³/mol. The quantitative estimate of drug-likeness (QED) is 0.711. The maximum Gasteiger partial charge on any atom is 0.240 e. The van der Waals surface area contributed by atoms with E-state index in [9.17, 15) is 14.3 Å². The van der Waals surface area contributed by atoms with Crippen LogP contribution in [0.5, 0.6) is 0 Å². The fourth-order valence-electron chi connectivity index (χ4n) is 4.42. The Labute approximate surface area is 186 Å². The Morgan fingerprint density at radius 3 is 2.43 bits per heavy atom. The lowest BCUT2D eigenvalue weighted by atomic mass is 9.91. The number of hydrogen-bond donors (Lipinski definition) is 1. The lowest BCUT2D eigenvalue weighted by Crippen LogP contribution is -2.49. The van der Waals surface area contributed by atoms with Gasteiger partial charge in [0.1, 0.15) is 5.67 Å². The number of hydrazine groups is 1. The highest BCUT2D eigenvalue weighted by atomic mass is 35.5. The SMILES string of the molecule is CC1(F)C=CC(c2cc(Cl)c(C[C@@H]3CCN(N4CCC(O)CC4)C3=O)c(Cl)c2)=CC1. The van der Waals surface area contributed by atoms with Gasteiger partial charge in [-0.1, -0.05) is 35.4 Å². The summed E-state index contributed by atoms with van der Waals surface area (Å²) in [7, 11) is 0. The Balaban J connectivity index is 1.46. The van der Waals surface area contributed by atoms with E-state index in [1.807, 2.05) is 23.2 Å². The van der Waals surface area contributed by atoms with Crippen LogP contribution in [0, 0.1) is 5.92 Å². The number of amides is 1. The number of benzene rings is 1. The number of halogens is 3. The topological polar surface area (TPSA) is 43.8 Å². The lowest BCUT2D eigenvalue weighted by molar-refractivity contribution is -0.149. The monoisotopic (exact) mass is 452 g/mol. The molecule has 162 valence electrons. The number of alkyl halides is 1. The van der Waals surface area contributed by atoms with Crippen LogP contribution in [0.1, 0.15) is 43.7 Å². The van der Waals surface area contributed by atoms with E-state index in [0.717, 1.165) is 23.1 Å². The standard InChI is InChI=1S/C23H27Cl2FN2O2/c1-23(26)7-2-15(3-8-23)17-13-20(24)19(21(25)14-17)12-16-4-11-28(22(16)30)27-9-5-18(29)6-10-27/h2-3,7,13-14,16,18,29H,4-6,8-12H2,1H3/t16-,23?/m0/s1. The molecular weight excluding hydrogens is 426 g/mol. The van der Waals surface area contributed by atoms with Crippen molar-refractivity contribution < 1.29 is 14.3 Å². The van der Waals surface area contributed by atoms with Gasteiger partial charge >= 0.3 is 0 Å². The highest BCUT2D eigenvalue weighted by Crippen LogP contribution is 2.36. The molecule has 1 amide bonds. The number of rotatable bonds is 4. The van der Waals surface area contributed by atoms with Gasteiger partial charge in [-0.2, -0.15) is 0 Å². The maximum absolute atomic E-state index is 14.0. The summed E-state index contributed by atoms with van der Waals surface area (Å²) >= 11 is 13.1. The summed E-state index contributed by atoms with van der Waals surface area (Å²) < 4.78 is 14.0. The van der Waals surface area contributed by atoms with Crippen LogP contribution >= 0.6 is 23.2 Å². The summed E-state index contributed by atoms with van der Waals surface area (Å²) in [4.78, 5) is 13.0. The second-order valence-corrected chi connectivity index (χ2v) is 9.54. The van der Waals surface area contributed by atoms with Crippen LogP contribution in [0.3, 0.4) is 0 Å². The molecule has 1 unspecified atom stereocenters. The second kappa shape index (κ2) is 8.62. The molecule has 1 aromatic rings. The second-order valence-electron chi connectivity index (χ2n) is 8.73. The van der Waals surface area contributed by atoms with Gasteiger partial charge in [0.05, 0.1) is 6.10 Å². The summed E-state index contributed by atoms with van der Waals surface area (Å²) in [6, 6.07) is 3.70. The minimum absolute atomic E-state index is 0.0998. The zero-order valence-electron chi connectivity index (χ0n) is 17.1. The summed E-state index contributed by atoms with van der Waals surface area (Å²) in [5.74, 6) is -0.0542. The van der Waals surface area contributed by atoms with E-state index >= 15 is 0 Å². The molecule has 1 aliphatic carbocycles. The fraction of sp³-hybridized carbons (Fsp3) is 0.522. The van der Waals surface area contributed by atoms with Crippen molar-refractivity contribution in [2.24, 2.45) is 5.92 Å². The van der Waals surface area contributed by atoms with Gasteiger partial charge in [-0.15, -0.1) is 0 Å². The molecule has 2 aliphatic heterocycles. The molecule has 2 heterocycles. The van der Waals surface area contributed by atoms with Crippen LogP contribution in [0.15, 0.2) is 30.4 Å². The summed E-state index contributed by atoms with van der Waals surface area (Å²) in [5, 5.41) is 14.7. The van der Waals surface area contributed by atoms with Gasteiger partial charge < -0.3 is 5.11 Å². The molecule has 2 fully saturated rings. The maximum atomic E-state index is 14.0. The average Bonchev–Trinajstić information content (AvgIpc) is 3.05. The van der Waals surface area contributed by atoms with Gasteiger partial charge in [0.25, 0.3) is 0 Å². The molecule has 4 rings (SSSR count). The van der Waals surface area contributed by atoms with Gasteiger partial charge in [0, 0.05) is 42.0 Å². The number of carbonyl (C=O) groups is 1. The largest absolute Gasteiger partial charge is 0.393 e. The Morgan fingerprint density at radius 2 is 1.83 bits per heavy atom.